The zero-order valence-corrected chi connectivity index (χ0v) is 9.21. The maximum absolute atomic E-state index is 9.62. The number of rotatable bonds is 6. The van der Waals surface area contributed by atoms with E-state index in [0.29, 0.717) is 0 Å². The van der Waals surface area contributed by atoms with Crippen LogP contribution in [0.2, 0.25) is 0 Å². The third kappa shape index (κ3) is 9.84. The van der Waals surface area contributed by atoms with E-state index in [1.165, 1.54) is 0 Å². The van der Waals surface area contributed by atoms with E-state index in [1.807, 2.05) is 0 Å². The Kier molecular flexibility index (Phi) is 6.35. The van der Waals surface area contributed by atoms with E-state index in [2.05, 4.69) is 20.8 Å². The van der Waals surface area contributed by atoms with E-state index in [0.717, 1.165) is 32.1 Å². The van der Waals surface area contributed by atoms with Crippen LogP contribution in [0, 0.1) is 5.41 Å². The van der Waals surface area contributed by atoms with Crippen molar-refractivity contribution < 1.29 is 10.2 Å². The molecule has 0 aromatic carbocycles. The Bertz CT molecular complexity index is 116. The summed E-state index contributed by atoms with van der Waals surface area (Å²) in [6.45, 7) is 6.70. The number of hydrogen-bond acceptors (Lipinski definition) is 2. The van der Waals surface area contributed by atoms with Crippen LogP contribution in [-0.2, 0) is 0 Å². The van der Waals surface area contributed by atoms with Crippen LogP contribution in [0.4, 0.5) is 0 Å². The highest BCUT2D eigenvalue weighted by atomic mass is 16.3. The zero-order valence-electron chi connectivity index (χ0n) is 9.21. The molecule has 0 aliphatic heterocycles. The Morgan fingerprint density at radius 2 is 1.69 bits per heavy atom. The summed E-state index contributed by atoms with van der Waals surface area (Å²) in [6, 6.07) is 0. The molecule has 80 valence electrons. The SMILES string of the molecule is CC(C)(C)CC(O)CCCCCO. The van der Waals surface area contributed by atoms with Crippen molar-refractivity contribution in [3.05, 3.63) is 0 Å². The second-order valence-electron chi connectivity index (χ2n) is 4.99. The topological polar surface area (TPSA) is 40.5 Å². The van der Waals surface area contributed by atoms with Gasteiger partial charge >= 0.3 is 0 Å². The van der Waals surface area contributed by atoms with Crippen LogP contribution >= 0.6 is 0 Å². The lowest BCUT2D eigenvalue weighted by atomic mass is 9.87. The molecule has 0 saturated heterocycles. The van der Waals surface area contributed by atoms with Gasteiger partial charge in [0.25, 0.3) is 0 Å². The van der Waals surface area contributed by atoms with Crippen LogP contribution in [0.1, 0.15) is 52.9 Å². The molecule has 0 radical (unpaired) electrons. The smallest absolute Gasteiger partial charge is 0.0545 e. The van der Waals surface area contributed by atoms with Gasteiger partial charge in [-0.25, -0.2) is 0 Å². The van der Waals surface area contributed by atoms with Crippen molar-refractivity contribution in [2.45, 2.75) is 59.0 Å². The average molecular weight is 188 g/mol. The van der Waals surface area contributed by atoms with Gasteiger partial charge in [0.2, 0.25) is 0 Å². The molecule has 0 rings (SSSR count). The van der Waals surface area contributed by atoms with Crippen LogP contribution in [0.3, 0.4) is 0 Å². The molecule has 2 N–H and O–H groups in total. The molecular weight excluding hydrogens is 164 g/mol. The highest BCUT2D eigenvalue weighted by Crippen LogP contribution is 2.22. The molecular formula is C11H24O2. The molecule has 0 saturated carbocycles. The molecule has 0 aliphatic carbocycles. The second-order valence-corrected chi connectivity index (χ2v) is 4.99. The third-order valence-electron chi connectivity index (χ3n) is 2.04. The summed E-state index contributed by atoms with van der Waals surface area (Å²) in [7, 11) is 0. The first-order valence-electron chi connectivity index (χ1n) is 5.24. The van der Waals surface area contributed by atoms with Crippen molar-refractivity contribution in [3.8, 4) is 0 Å². The van der Waals surface area contributed by atoms with Crippen LogP contribution < -0.4 is 0 Å². The van der Waals surface area contributed by atoms with Gasteiger partial charge in [0, 0.05) is 6.61 Å². The zero-order chi connectivity index (χ0) is 10.3. The Hall–Kier alpha value is -0.0800. The molecule has 0 bridgehead atoms. The molecule has 2 heteroatoms. The third-order valence-corrected chi connectivity index (χ3v) is 2.04. The first-order chi connectivity index (χ1) is 5.95. The van der Waals surface area contributed by atoms with Gasteiger partial charge in [0.05, 0.1) is 6.10 Å². The molecule has 0 aliphatic rings. The van der Waals surface area contributed by atoms with E-state index in [9.17, 15) is 5.11 Å². The molecule has 1 atom stereocenters. The van der Waals surface area contributed by atoms with Crippen molar-refractivity contribution in [3.63, 3.8) is 0 Å². The highest BCUT2D eigenvalue weighted by molar-refractivity contribution is 4.67. The number of hydrogen-bond donors (Lipinski definition) is 2. The lowest BCUT2D eigenvalue weighted by molar-refractivity contribution is 0.109. The Morgan fingerprint density at radius 1 is 1.08 bits per heavy atom. The van der Waals surface area contributed by atoms with Gasteiger partial charge in [-0.05, 0) is 24.7 Å². The molecule has 1 unspecified atom stereocenters. The molecule has 2 nitrogen and oxygen atoms in total. The number of unbranched alkanes of at least 4 members (excludes halogenated alkanes) is 2. The number of aliphatic hydroxyl groups excluding tert-OH is 2. The van der Waals surface area contributed by atoms with Gasteiger partial charge in [-0.2, -0.15) is 0 Å². The summed E-state index contributed by atoms with van der Waals surface area (Å²) in [4.78, 5) is 0. The van der Waals surface area contributed by atoms with Crippen LogP contribution in [0.15, 0.2) is 0 Å². The van der Waals surface area contributed by atoms with Gasteiger partial charge < -0.3 is 10.2 Å². The maximum Gasteiger partial charge on any atom is 0.0545 e. The fourth-order valence-corrected chi connectivity index (χ4v) is 1.48. The lowest BCUT2D eigenvalue weighted by Crippen LogP contribution is -2.17. The van der Waals surface area contributed by atoms with Crippen LogP contribution in [0.5, 0.6) is 0 Å². The summed E-state index contributed by atoms with van der Waals surface area (Å²) in [5.74, 6) is 0. The van der Waals surface area contributed by atoms with Gasteiger partial charge in [0.15, 0.2) is 0 Å². The summed E-state index contributed by atoms with van der Waals surface area (Å²) in [5, 5.41) is 18.2. The van der Waals surface area contributed by atoms with Crippen molar-refractivity contribution in [2.75, 3.05) is 6.61 Å². The minimum Gasteiger partial charge on any atom is -0.396 e. The van der Waals surface area contributed by atoms with E-state index in [4.69, 9.17) is 5.11 Å². The maximum atomic E-state index is 9.62. The summed E-state index contributed by atoms with van der Waals surface area (Å²) < 4.78 is 0. The standard InChI is InChI=1S/C11H24O2/c1-11(2,3)9-10(13)7-5-4-6-8-12/h10,12-13H,4-9H2,1-3H3. The largest absolute Gasteiger partial charge is 0.396 e. The molecule has 0 heterocycles. The molecule has 0 aromatic rings. The Balaban J connectivity index is 3.35. The Labute approximate surface area is 82.0 Å². The molecule has 13 heavy (non-hydrogen) atoms. The van der Waals surface area contributed by atoms with E-state index >= 15 is 0 Å². The highest BCUT2D eigenvalue weighted by Gasteiger charge is 2.15. The quantitative estimate of drug-likeness (QED) is 0.628. The predicted octanol–water partition coefficient (Wildman–Crippen LogP) is 2.34. The van der Waals surface area contributed by atoms with Crippen molar-refractivity contribution in [2.24, 2.45) is 5.41 Å². The van der Waals surface area contributed by atoms with Crippen molar-refractivity contribution >= 4 is 0 Å². The summed E-state index contributed by atoms with van der Waals surface area (Å²) in [5.41, 5.74) is 0.219. The molecule has 0 fully saturated rings. The fraction of sp³-hybridized carbons (Fsp3) is 1.00. The van der Waals surface area contributed by atoms with Crippen LogP contribution in [0.25, 0.3) is 0 Å². The predicted molar refractivity (Wildman–Crippen MR) is 55.6 cm³/mol. The molecule has 0 spiro atoms. The summed E-state index contributed by atoms with van der Waals surface area (Å²) >= 11 is 0. The van der Waals surface area contributed by atoms with Gasteiger partial charge in [-0.3, -0.25) is 0 Å². The first kappa shape index (κ1) is 12.9. The van der Waals surface area contributed by atoms with E-state index < -0.39 is 0 Å². The van der Waals surface area contributed by atoms with E-state index in [1.54, 1.807) is 0 Å². The van der Waals surface area contributed by atoms with Gasteiger partial charge in [0.1, 0.15) is 0 Å². The molecule has 0 aromatic heterocycles. The van der Waals surface area contributed by atoms with Crippen LogP contribution in [-0.4, -0.2) is 22.9 Å². The minimum atomic E-state index is -0.168. The van der Waals surface area contributed by atoms with E-state index in [-0.39, 0.29) is 18.1 Å². The first-order valence-corrected chi connectivity index (χ1v) is 5.24. The second kappa shape index (κ2) is 6.39. The monoisotopic (exact) mass is 188 g/mol. The fourth-order valence-electron chi connectivity index (χ4n) is 1.48. The molecule has 0 amide bonds. The number of aliphatic hydroxyl groups is 2. The van der Waals surface area contributed by atoms with Crippen molar-refractivity contribution in [1.82, 2.24) is 0 Å². The van der Waals surface area contributed by atoms with Gasteiger partial charge in [-0.1, -0.05) is 33.6 Å². The van der Waals surface area contributed by atoms with Crippen molar-refractivity contribution in [1.29, 1.82) is 0 Å². The normalized spacial score (nSPS) is 14.5. The van der Waals surface area contributed by atoms with Gasteiger partial charge in [-0.15, -0.1) is 0 Å². The minimum absolute atomic E-state index is 0.168. The Morgan fingerprint density at radius 3 is 2.15 bits per heavy atom. The average Bonchev–Trinajstić information content (AvgIpc) is 1.94. The lowest BCUT2D eigenvalue weighted by Gasteiger charge is -2.22. The summed E-state index contributed by atoms with van der Waals surface area (Å²) in [6.07, 6.45) is 4.49.